The van der Waals surface area contributed by atoms with Gasteiger partial charge in [-0.25, -0.2) is 13.6 Å². The zero-order chi connectivity index (χ0) is 19.9. The molecule has 0 aliphatic heterocycles. The fraction of sp³-hybridized carbons (Fsp3) is 0.556. The predicted octanol–water partition coefficient (Wildman–Crippen LogP) is 1.91. The molecule has 0 bridgehead atoms. The molecule has 0 aliphatic carbocycles. The number of ether oxygens (including phenoxy) is 1. The number of amides is 1. The number of primary sulfonamides is 1. The zero-order valence-corrected chi connectivity index (χ0v) is 16.6. The summed E-state index contributed by atoms with van der Waals surface area (Å²) in [5.74, 6) is -0.983. The SMILES string of the molecule is CCC(CC)C(=O)N(Cc1ccc(S(N)(=O)=O)cc1)CC(C)C(=O)OC. The number of esters is 1. The van der Waals surface area contributed by atoms with Crippen LogP contribution in [0.1, 0.15) is 39.2 Å². The quantitative estimate of drug-likeness (QED) is 0.655. The van der Waals surface area contributed by atoms with Crippen molar-refractivity contribution in [1.29, 1.82) is 0 Å². The molecule has 0 fully saturated rings. The molecular weight excluding hydrogens is 356 g/mol. The van der Waals surface area contributed by atoms with E-state index in [1.54, 1.807) is 24.0 Å². The molecule has 1 atom stereocenters. The highest BCUT2D eigenvalue weighted by molar-refractivity contribution is 7.89. The van der Waals surface area contributed by atoms with Gasteiger partial charge in [-0.2, -0.15) is 0 Å². The molecule has 0 saturated carbocycles. The molecule has 2 N–H and O–H groups in total. The van der Waals surface area contributed by atoms with Gasteiger partial charge in [0.1, 0.15) is 0 Å². The summed E-state index contributed by atoms with van der Waals surface area (Å²) in [7, 11) is -2.44. The first kappa shape index (κ1) is 22.1. The second-order valence-corrected chi connectivity index (χ2v) is 7.91. The lowest BCUT2D eigenvalue weighted by Crippen LogP contribution is -2.40. The molecule has 26 heavy (non-hydrogen) atoms. The van der Waals surface area contributed by atoms with E-state index in [0.717, 1.165) is 5.56 Å². The maximum absolute atomic E-state index is 12.8. The summed E-state index contributed by atoms with van der Waals surface area (Å²) in [5.41, 5.74) is 0.758. The molecule has 1 amide bonds. The normalized spacial score (nSPS) is 12.7. The van der Waals surface area contributed by atoms with Crippen LogP contribution >= 0.6 is 0 Å². The van der Waals surface area contributed by atoms with Crippen LogP contribution in [0, 0.1) is 11.8 Å². The number of nitrogens with zero attached hydrogens (tertiary/aromatic N) is 1. The van der Waals surface area contributed by atoms with E-state index in [1.807, 2.05) is 13.8 Å². The zero-order valence-electron chi connectivity index (χ0n) is 15.8. The summed E-state index contributed by atoms with van der Waals surface area (Å²) in [6.07, 6.45) is 1.42. The minimum atomic E-state index is -3.76. The molecule has 0 heterocycles. The molecule has 0 aromatic heterocycles. The first-order valence-corrected chi connectivity index (χ1v) is 10.2. The molecule has 8 heteroatoms. The molecule has 1 rings (SSSR count). The smallest absolute Gasteiger partial charge is 0.310 e. The molecule has 1 unspecified atom stereocenters. The number of rotatable bonds is 9. The molecule has 0 spiro atoms. The molecule has 146 valence electrons. The maximum atomic E-state index is 12.8. The monoisotopic (exact) mass is 384 g/mol. The van der Waals surface area contributed by atoms with Crippen molar-refractivity contribution >= 4 is 21.9 Å². The van der Waals surface area contributed by atoms with Crippen LogP contribution in [0.25, 0.3) is 0 Å². The summed E-state index contributed by atoms with van der Waals surface area (Å²) in [4.78, 5) is 26.2. The predicted molar refractivity (Wildman–Crippen MR) is 98.5 cm³/mol. The fourth-order valence-corrected chi connectivity index (χ4v) is 3.26. The highest BCUT2D eigenvalue weighted by atomic mass is 32.2. The Hall–Kier alpha value is -1.93. The highest BCUT2D eigenvalue weighted by Crippen LogP contribution is 2.18. The van der Waals surface area contributed by atoms with E-state index in [9.17, 15) is 18.0 Å². The lowest BCUT2D eigenvalue weighted by molar-refractivity contribution is -0.147. The van der Waals surface area contributed by atoms with Crippen LogP contribution in [-0.2, 0) is 30.9 Å². The van der Waals surface area contributed by atoms with Gasteiger partial charge in [0.15, 0.2) is 0 Å². The Bertz CT molecular complexity index is 712. The van der Waals surface area contributed by atoms with Crippen LogP contribution in [0.5, 0.6) is 0 Å². The van der Waals surface area contributed by atoms with E-state index < -0.39 is 15.9 Å². The standard InChI is InChI=1S/C18H28N2O5S/c1-5-15(6-2)17(21)20(11-13(3)18(22)25-4)12-14-7-9-16(10-8-14)26(19,23)24/h7-10,13,15H,5-6,11-12H2,1-4H3,(H2,19,23,24). The molecule has 0 aliphatic rings. The summed E-state index contributed by atoms with van der Waals surface area (Å²) in [6, 6.07) is 6.06. The largest absolute Gasteiger partial charge is 0.469 e. The Morgan fingerprint density at radius 3 is 2.12 bits per heavy atom. The van der Waals surface area contributed by atoms with Crippen LogP contribution in [0.3, 0.4) is 0 Å². The third-order valence-electron chi connectivity index (χ3n) is 4.37. The van der Waals surface area contributed by atoms with E-state index in [1.165, 1.54) is 19.2 Å². The van der Waals surface area contributed by atoms with Gasteiger partial charge < -0.3 is 9.64 Å². The van der Waals surface area contributed by atoms with Gasteiger partial charge in [0.25, 0.3) is 0 Å². The van der Waals surface area contributed by atoms with E-state index in [2.05, 4.69) is 0 Å². The van der Waals surface area contributed by atoms with Gasteiger partial charge in [-0.1, -0.05) is 32.9 Å². The average Bonchev–Trinajstić information content (AvgIpc) is 2.60. The summed E-state index contributed by atoms with van der Waals surface area (Å²) < 4.78 is 27.5. The first-order chi connectivity index (χ1) is 12.1. The van der Waals surface area contributed by atoms with Crippen molar-refractivity contribution in [3.05, 3.63) is 29.8 Å². The second kappa shape index (κ2) is 9.68. The van der Waals surface area contributed by atoms with Gasteiger partial charge in [-0.15, -0.1) is 0 Å². The van der Waals surface area contributed by atoms with Crippen molar-refractivity contribution in [3.8, 4) is 0 Å². The molecule has 1 aromatic carbocycles. The topological polar surface area (TPSA) is 107 Å². The third-order valence-corrected chi connectivity index (χ3v) is 5.30. The van der Waals surface area contributed by atoms with E-state index in [0.29, 0.717) is 12.8 Å². The van der Waals surface area contributed by atoms with E-state index in [-0.39, 0.29) is 35.8 Å². The lowest BCUT2D eigenvalue weighted by Gasteiger charge is -2.28. The highest BCUT2D eigenvalue weighted by Gasteiger charge is 2.26. The molecule has 0 radical (unpaired) electrons. The van der Waals surface area contributed by atoms with Crippen molar-refractivity contribution in [2.24, 2.45) is 17.0 Å². The van der Waals surface area contributed by atoms with Gasteiger partial charge in [-0.05, 0) is 30.5 Å². The summed E-state index contributed by atoms with van der Waals surface area (Å²) in [6.45, 7) is 6.13. The number of carbonyl (C=O) groups excluding carboxylic acids is 2. The van der Waals surface area contributed by atoms with Crippen molar-refractivity contribution in [1.82, 2.24) is 4.90 Å². The third kappa shape index (κ3) is 6.10. The van der Waals surface area contributed by atoms with Crippen LogP contribution in [-0.4, -0.2) is 38.8 Å². The van der Waals surface area contributed by atoms with Crippen LogP contribution in [0.15, 0.2) is 29.2 Å². The number of hydrogen-bond acceptors (Lipinski definition) is 5. The maximum Gasteiger partial charge on any atom is 0.310 e. The number of nitrogens with two attached hydrogens (primary N) is 1. The van der Waals surface area contributed by atoms with Crippen LogP contribution in [0.4, 0.5) is 0 Å². The van der Waals surface area contributed by atoms with Crippen LogP contribution in [0.2, 0.25) is 0 Å². The van der Waals surface area contributed by atoms with Crippen molar-refractivity contribution in [3.63, 3.8) is 0 Å². The van der Waals surface area contributed by atoms with Crippen molar-refractivity contribution in [2.75, 3.05) is 13.7 Å². The number of sulfonamides is 1. The van der Waals surface area contributed by atoms with E-state index in [4.69, 9.17) is 9.88 Å². The number of methoxy groups -OCH3 is 1. The van der Waals surface area contributed by atoms with Gasteiger partial charge >= 0.3 is 5.97 Å². The van der Waals surface area contributed by atoms with Gasteiger partial charge in [0, 0.05) is 19.0 Å². The van der Waals surface area contributed by atoms with Gasteiger partial charge in [0.2, 0.25) is 15.9 Å². The van der Waals surface area contributed by atoms with Gasteiger partial charge in [-0.3, -0.25) is 9.59 Å². The molecule has 7 nitrogen and oxygen atoms in total. The first-order valence-electron chi connectivity index (χ1n) is 8.62. The lowest BCUT2D eigenvalue weighted by atomic mass is 10.0. The molecule has 0 saturated heterocycles. The minimum Gasteiger partial charge on any atom is -0.469 e. The fourth-order valence-electron chi connectivity index (χ4n) is 2.74. The molecular formula is C18H28N2O5S. The number of carbonyl (C=O) groups is 2. The Morgan fingerprint density at radius 1 is 1.15 bits per heavy atom. The number of benzene rings is 1. The average molecular weight is 384 g/mol. The van der Waals surface area contributed by atoms with Gasteiger partial charge in [0.05, 0.1) is 17.9 Å². The van der Waals surface area contributed by atoms with Crippen molar-refractivity contribution < 1.29 is 22.7 Å². The molecule has 1 aromatic rings. The Kier molecular flexibility index (Phi) is 8.23. The van der Waals surface area contributed by atoms with Crippen LogP contribution < -0.4 is 5.14 Å². The Labute approximate surface area is 155 Å². The summed E-state index contributed by atoms with van der Waals surface area (Å²) >= 11 is 0. The minimum absolute atomic E-state index is 0.0158. The summed E-state index contributed by atoms with van der Waals surface area (Å²) in [5, 5.41) is 5.10. The Balaban J connectivity index is 3.04. The number of hydrogen-bond donors (Lipinski definition) is 1. The Morgan fingerprint density at radius 2 is 1.69 bits per heavy atom. The van der Waals surface area contributed by atoms with Crippen molar-refractivity contribution in [2.45, 2.75) is 45.1 Å². The van der Waals surface area contributed by atoms with E-state index >= 15 is 0 Å². The second-order valence-electron chi connectivity index (χ2n) is 6.35.